The molecule has 22 heavy (non-hydrogen) atoms. The molecule has 1 aromatic rings. The molecule has 0 saturated carbocycles. The summed E-state index contributed by atoms with van der Waals surface area (Å²) in [5.74, 6) is 0. The normalized spacial score (nSPS) is 15.1. The first-order chi connectivity index (χ1) is 9.90. The second kappa shape index (κ2) is 6.89. The van der Waals surface area contributed by atoms with E-state index >= 15 is 0 Å². The molecule has 0 fully saturated rings. The van der Waals surface area contributed by atoms with Crippen LogP contribution >= 0.6 is 15.9 Å². The van der Waals surface area contributed by atoms with Crippen molar-refractivity contribution in [2.75, 3.05) is 0 Å². The minimum Gasteiger partial charge on any atom is -0.444 e. The van der Waals surface area contributed by atoms with Crippen LogP contribution in [-0.4, -0.2) is 17.7 Å². The van der Waals surface area contributed by atoms with Gasteiger partial charge in [0.2, 0.25) is 0 Å². The molecule has 0 spiro atoms. The molecule has 0 heterocycles. The van der Waals surface area contributed by atoms with Crippen LogP contribution in [0.5, 0.6) is 0 Å². The topological polar surface area (TPSA) is 38.3 Å². The summed E-state index contributed by atoms with van der Waals surface area (Å²) in [5, 5.41) is 2.60. The summed E-state index contributed by atoms with van der Waals surface area (Å²) >= 11 is 3.32. The predicted molar refractivity (Wildman–Crippen MR) is 81.9 cm³/mol. The minimum absolute atomic E-state index is 0.429. The third-order valence-corrected chi connectivity index (χ3v) is 4.04. The first-order valence-corrected chi connectivity index (χ1v) is 7.62. The van der Waals surface area contributed by atoms with Crippen molar-refractivity contribution < 1.29 is 22.7 Å². The Labute approximate surface area is 136 Å². The number of halogens is 4. The average Bonchev–Trinajstić information content (AvgIpc) is 2.34. The van der Waals surface area contributed by atoms with Crippen molar-refractivity contribution >= 4 is 22.0 Å². The van der Waals surface area contributed by atoms with Crippen LogP contribution in [0, 0.1) is 0 Å². The third kappa shape index (κ3) is 5.87. The van der Waals surface area contributed by atoms with Gasteiger partial charge in [0.25, 0.3) is 0 Å². The van der Waals surface area contributed by atoms with Crippen LogP contribution in [-0.2, 0) is 10.9 Å². The van der Waals surface area contributed by atoms with Crippen molar-refractivity contribution in [3.8, 4) is 0 Å². The summed E-state index contributed by atoms with van der Waals surface area (Å²) in [4.78, 5) is 11.2. The van der Waals surface area contributed by atoms with Gasteiger partial charge in [-0.1, -0.05) is 34.1 Å². The van der Waals surface area contributed by atoms with Gasteiger partial charge in [-0.05, 0) is 39.3 Å². The van der Waals surface area contributed by atoms with Gasteiger partial charge in [-0.25, -0.2) is 4.79 Å². The van der Waals surface area contributed by atoms with E-state index in [9.17, 15) is 18.0 Å². The largest absolute Gasteiger partial charge is 0.444 e. The molecule has 0 saturated heterocycles. The Kier molecular flexibility index (Phi) is 5.89. The van der Waals surface area contributed by atoms with Gasteiger partial charge in [0, 0.05) is 6.04 Å². The van der Waals surface area contributed by atoms with E-state index in [0.717, 1.165) is 12.1 Å². The number of ether oxygens (including phenoxy) is 1. The highest BCUT2D eigenvalue weighted by Gasteiger charge is 2.31. The fourth-order valence-corrected chi connectivity index (χ4v) is 2.16. The van der Waals surface area contributed by atoms with Gasteiger partial charge in [0.15, 0.2) is 0 Å². The summed E-state index contributed by atoms with van der Waals surface area (Å²) in [6.07, 6.45) is -5.01. The van der Waals surface area contributed by atoms with Gasteiger partial charge in [-0.3, -0.25) is 0 Å². The van der Waals surface area contributed by atoms with Gasteiger partial charge >= 0.3 is 12.3 Å². The molecule has 7 heteroatoms. The van der Waals surface area contributed by atoms with Crippen molar-refractivity contribution in [2.24, 2.45) is 0 Å². The second-order valence-electron chi connectivity index (χ2n) is 5.96. The van der Waals surface area contributed by atoms with E-state index in [1.807, 2.05) is 0 Å². The molecule has 0 radical (unpaired) electrons. The highest BCUT2D eigenvalue weighted by Crippen LogP contribution is 2.33. The van der Waals surface area contributed by atoms with Crippen molar-refractivity contribution in [2.45, 2.75) is 50.3 Å². The number of nitrogens with one attached hydrogen (secondary N) is 1. The molecule has 0 aromatic heterocycles. The quantitative estimate of drug-likeness (QED) is 0.743. The molecule has 3 nitrogen and oxygen atoms in total. The third-order valence-electron chi connectivity index (χ3n) is 2.72. The number of carbonyl (C=O) groups excluding carboxylic acids is 1. The summed E-state index contributed by atoms with van der Waals surface area (Å²) in [7, 11) is 0. The minimum atomic E-state index is -4.40. The molecule has 2 atom stereocenters. The first kappa shape index (κ1) is 18.8. The Balaban J connectivity index is 2.79. The average molecular weight is 382 g/mol. The summed E-state index contributed by atoms with van der Waals surface area (Å²) in [6, 6.07) is 4.54. The number of amides is 1. The number of hydrogen-bond donors (Lipinski definition) is 1. The molecule has 1 rings (SSSR count). The Morgan fingerprint density at radius 2 is 1.86 bits per heavy atom. The Bertz CT molecular complexity index is 526. The number of alkyl halides is 4. The number of benzene rings is 1. The van der Waals surface area contributed by atoms with Crippen LogP contribution in [0.3, 0.4) is 0 Å². The van der Waals surface area contributed by atoms with E-state index in [1.54, 1.807) is 33.8 Å². The van der Waals surface area contributed by atoms with Crippen LogP contribution in [0.15, 0.2) is 24.3 Å². The van der Waals surface area contributed by atoms with E-state index in [1.165, 1.54) is 6.07 Å². The van der Waals surface area contributed by atoms with E-state index in [2.05, 4.69) is 21.2 Å². The molecule has 0 bridgehead atoms. The van der Waals surface area contributed by atoms with Crippen molar-refractivity contribution in [3.63, 3.8) is 0 Å². The molecule has 1 N–H and O–H groups in total. The Hall–Kier alpha value is -1.24. The highest BCUT2D eigenvalue weighted by atomic mass is 79.9. The lowest BCUT2D eigenvalue weighted by Gasteiger charge is -2.24. The summed E-state index contributed by atoms with van der Waals surface area (Å²) in [5.41, 5.74) is -0.931. The molecule has 2 unspecified atom stereocenters. The first-order valence-electron chi connectivity index (χ1n) is 6.71. The van der Waals surface area contributed by atoms with Crippen LogP contribution in [0.4, 0.5) is 18.0 Å². The lowest BCUT2D eigenvalue weighted by atomic mass is 10.0. The molecule has 0 aliphatic heterocycles. The van der Waals surface area contributed by atoms with Gasteiger partial charge in [-0.15, -0.1) is 0 Å². The van der Waals surface area contributed by atoms with Crippen LogP contribution in [0.2, 0.25) is 0 Å². The smallest absolute Gasteiger partial charge is 0.416 e. The Morgan fingerprint density at radius 3 is 2.36 bits per heavy atom. The molecule has 0 aliphatic rings. The number of alkyl carbamates (subject to hydrolysis) is 1. The zero-order chi connectivity index (χ0) is 17.1. The van der Waals surface area contributed by atoms with E-state index in [-0.39, 0.29) is 0 Å². The van der Waals surface area contributed by atoms with Crippen molar-refractivity contribution in [3.05, 3.63) is 35.4 Å². The van der Waals surface area contributed by atoms with Crippen molar-refractivity contribution in [1.82, 2.24) is 5.32 Å². The van der Waals surface area contributed by atoms with Crippen molar-refractivity contribution in [1.29, 1.82) is 0 Å². The second-order valence-corrected chi connectivity index (χ2v) is 6.95. The van der Waals surface area contributed by atoms with E-state index in [4.69, 9.17) is 4.74 Å². The number of carbonyl (C=O) groups is 1. The van der Waals surface area contributed by atoms with E-state index < -0.39 is 34.3 Å². The van der Waals surface area contributed by atoms with Gasteiger partial charge < -0.3 is 10.1 Å². The summed E-state index contributed by atoms with van der Waals surface area (Å²) in [6.45, 7) is 6.88. The zero-order valence-electron chi connectivity index (χ0n) is 12.8. The maximum atomic E-state index is 12.7. The number of rotatable bonds is 3. The molecule has 1 amide bonds. The van der Waals surface area contributed by atoms with Gasteiger partial charge in [0.1, 0.15) is 5.60 Å². The maximum Gasteiger partial charge on any atom is 0.416 e. The fourth-order valence-electron chi connectivity index (χ4n) is 1.74. The Morgan fingerprint density at radius 1 is 1.27 bits per heavy atom. The van der Waals surface area contributed by atoms with Crippen LogP contribution in [0.1, 0.15) is 43.6 Å². The SMILES string of the molecule is CC(NC(=O)OC(C)(C)C)C(Br)c1cccc(C(F)(F)F)c1. The zero-order valence-corrected chi connectivity index (χ0v) is 14.4. The maximum absolute atomic E-state index is 12.7. The van der Waals surface area contributed by atoms with Crippen LogP contribution in [0.25, 0.3) is 0 Å². The number of hydrogen-bond acceptors (Lipinski definition) is 2. The lowest BCUT2D eigenvalue weighted by molar-refractivity contribution is -0.137. The fraction of sp³-hybridized carbons (Fsp3) is 0.533. The molecule has 0 aliphatic carbocycles. The monoisotopic (exact) mass is 381 g/mol. The van der Waals surface area contributed by atoms with Crippen LogP contribution < -0.4 is 5.32 Å². The lowest BCUT2D eigenvalue weighted by Crippen LogP contribution is -2.39. The standard InChI is InChI=1S/C15H19BrF3NO2/c1-9(20-13(21)22-14(2,3)4)12(16)10-6-5-7-11(8-10)15(17,18)19/h5-9,12H,1-4H3,(H,20,21). The molecular weight excluding hydrogens is 363 g/mol. The predicted octanol–water partition coefficient (Wildman–Crippen LogP) is 5.05. The van der Waals surface area contributed by atoms with Gasteiger partial charge in [-0.2, -0.15) is 13.2 Å². The molecule has 1 aromatic carbocycles. The highest BCUT2D eigenvalue weighted by molar-refractivity contribution is 9.09. The summed E-state index contributed by atoms with van der Waals surface area (Å²) < 4.78 is 43.3. The molecule has 124 valence electrons. The van der Waals surface area contributed by atoms with Gasteiger partial charge in [0.05, 0.1) is 10.4 Å². The molecular formula is C15H19BrF3NO2. The van der Waals surface area contributed by atoms with E-state index in [0.29, 0.717) is 5.56 Å².